The lowest BCUT2D eigenvalue weighted by atomic mass is 10.0. The minimum absolute atomic E-state index is 0.486. The Hall–Kier alpha value is -2.22. The highest BCUT2D eigenvalue weighted by atomic mass is 15.4. The molecule has 20 heavy (non-hydrogen) atoms. The number of fused-ring (bicyclic) bond motifs is 7. The molecule has 0 amide bonds. The molecule has 5 rings (SSSR count). The number of nitrogens with zero attached hydrogens (tertiary/aromatic N) is 2. The van der Waals surface area contributed by atoms with Gasteiger partial charge in [0, 0.05) is 32.3 Å². The number of hydrogen-bond donors (Lipinski definition) is 0. The molecule has 1 unspecified atom stereocenters. The fraction of sp³-hybridized carbons (Fsp3) is 0.222. The van der Waals surface area contributed by atoms with E-state index in [4.69, 9.17) is 0 Å². The first-order chi connectivity index (χ1) is 9.83. The molecule has 0 N–H and O–H groups in total. The third-order valence-electron chi connectivity index (χ3n) is 4.96. The number of rotatable bonds is 0. The lowest BCUT2D eigenvalue weighted by Crippen LogP contribution is -2.33. The Bertz CT molecular complexity index is 760. The third kappa shape index (κ3) is 1.15. The average Bonchev–Trinajstić information content (AvgIpc) is 3.11. The zero-order chi connectivity index (χ0) is 13.3. The lowest BCUT2D eigenvalue weighted by molar-refractivity contribution is 0.369. The summed E-state index contributed by atoms with van der Waals surface area (Å²) in [7, 11) is 2.17. The molecule has 2 nitrogen and oxygen atoms in total. The standard InChI is InChI=1S/C18H16N2/c1-19-8-9-20-17(19)11-13-6-7-15-14-5-3-2-4-12(14)10-16(15)18(13)20/h2-9,17H,10-11H2,1H3. The molecule has 0 aromatic heterocycles. The van der Waals surface area contributed by atoms with Gasteiger partial charge in [0.2, 0.25) is 0 Å². The van der Waals surface area contributed by atoms with Crippen molar-refractivity contribution in [3.63, 3.8) is 0 Å². The van der Waals surface area contributed by atoms with Crippen LogP contribution in [0.4, 0.5) is 5.69 Å². The van der Waals surface area contributed by atoms with Gasteiger partial charge >= 0.3 is 0 Å². The van der Waals surface area contributed by atoms with E-state index in [1.807, 2.05) is 0 Å². The van der Waals surface area contributed by atoms with Crippen molar-refractivity contribution >= 4 is 5.69 Å². The fourth-order valence-electron chi connectivity index (χ4n) is 3.96. The van der Waals surface area contributed by atoms with Crippen molar-refractivity contribution in [3.05, 3.63) is 65.5 Å². The molecule has 98 valence electrons. The molecular formula is C18H16N2. The third-order valence-corrected chi connectivity index (χ3v) is 4.96. The van der Waals surface area contributed by atoms with Crippen LogP contribution in [0.25, 0.3) is 11.1 Å². The topological polar surface area (TPSA) is 6.48 Å². The van der Waals surface area contributed by atoms with Crippen molar-refractivity contribution in [2.75, 3.05) is 11.9 Å². The molecule has 0 bridgehead atoms. The van der Waals surface area contributed by atoms with E-state index < -0.39 is 0 Å². The molecule has 2 heterocycles. The predicted molar refractivity (Wildman–Crippen MR) is 81.6 cm³/mol. The van der Waals surface area contributed by atoms with Gasteiger partial charge in [0.05, 0.1) is 5.69 Å². The van der Waals surface area contributed by atoms with Crippen molar-refractivity contribution in [1.82, 2.24) is 4.90 Å². The summed E-state index contributed by atoms with van der Waals surface area (Å²) in [5, 5.41) is 0. The maximum absolute atomic E-state index is 2.46. The van der Waals surface area contributed by atoms with Crippen molar-refractivity contribution < 1.29 is 0 Å². The number of anilines is 1. The smallest absolute Gasteiger partial charge is 0.109 e. The van der Waals surface area contributed by atoms with E-state index in [0.717, 1.165) is 12.8 Å². The number of likely N-dealkylation sites (N-methyl/N-ethyl adjacent to an activating group) is 1. The summed E-state index contributed by atoms with van der Waals surface area (Å²) < 4.78 is 0. The van der Waals surface area contributed by atoms with Gasteiger partial charge in [0.15, 0.2) is 0 Å². The Morgan fingerprint density at radius 1 is 0.950 bits per heavy atom. The van der Waals surface area contributed by atoms with Gasteiger partial charge in [0.25, 0.3) is 0 Å². The highest BCUT2D eigenvalue weighted by Gasteiger charge is 2.37. The van der Waals surface area contributed by atoms with Gasteiger partial charge in [-0.1, -0.05) is 36.4 Å². The Balaban J connectivity index is 1.74. The average molecular weight is 260 g/mol. The van der Waals surface area contributed by atoms with Crippen LogP contribution in [0.5, 0.6) is 0 Å². The Labute approximate surface area is 118 Å². The van der Waals surface area contributed by atoms with E-state index in [1.54, 1.807) is 0 Å². The molecule has 1 aliphatic carbocycles. The minimum Gasteiger partial charge on any atom is -0.358 e. The highest BCUT2D eigenvalue weighted by Crippen LogP contribution is 2.47. The molecule has 1 atom stereocenters. The van der Waals surface area contributed by atoms with Crippen LogP contribution in [-0.4, -0.2) is 18.1 Å². The molecule has 2 aliphatic heterocycles. The van der Waals surface area contributed by atoms with E-state index in [9.17, 15) is 0 Å². The summed E-state index contributed by atoms with van der Waals surface area (Å²) in [5.41, 5.74) is 8.80. The Morgan fingerprint density at radius 3 is 2.80 bits per heavy atom. The van der Waals surface area contributed by atoms with Crippen LogP contribution in [0.3, 0.4) is 0 Å². The van der Waals surface area contributed by atoms with Crippen molar-refractivity contribution in [3.8, 4) is 11.1 Å². The van der Waals surface area contributed by atoms with Crippen LogP contribution >= 0.6 is 0 Å². The van der Waals surface area contributed by atoms with Crippen molar-refractivity contribution in [1.29, 1.82) is 0 Å². The van der Waals surface area contributed by atoms with E-state index in [-0.39, 0.29) is 0 Å². The molecule has 2 aromatic carbocycles. The van der Waals surface area contributed by atoms with Gasteiger partial charge in [-0.15, -0.1) is 0 Å². The van der Waals surface area contributed by atoms with E-state index in [2.05, 4.69) is 65.6 Å². The second kappa shape index (κ2) is 3.45. The Kier molecular flexibility index (Phi) is 1.82. The first-order valence-electron chi connectivity index (χ1n) is 7.24. The molecule has 0 radical (unpaired) electrons. The first kappa shape index (κ1) is 10.6. The maximum Gasteiger partial charge on any atom is 0.109 e. The second-order valence-corrected chi connectivity index (χ2v) is 5.99. The monoisotopic (exact) mass is 260 g/mol. The van der Waals surface area contributed by atoms with E-state index in [0.29, 0.717) is 6.17 Å². The zero-order valence-corrected chi connectivity index (χ0v) is 11.5. The summed E-state index contributed by atoms with van der Waals surface area (Å²) in [6, 6.07) is 13.5. The SMILES string of the molecule is CN1C=CN2c3c(ccc4c3Cc3ccccc3-4)CC12. The summed E-state index contributed by atoms with van der Waals surface area (Å²) in [6.45, 7) is 0. The van der Waals surface area contributed by atoms with E-state index >= 15 is 0 Å². The fourth-order valence-corrected chi connectivity index (χ4v) is 3.96. The van der Waals surface area contributed by atoms with E-state index in [1.165, 1.54) is 33.5 Å². The van der Waals surface area contributed by atoms with Gasteiger partial charge in [-0.05, 0) is 27.8 Å². The van der Waals surface area contributed by atoms with Gasteiger partial charge in [0.1, 0.15) is 6.17 Å². The second-order valence-electron chi connectivity index (χ2n) is 5.99. The van der Waals surface area contributed by atoms with Crippen LogP contribution in [0.15, 0.2) is 48.8 Å². The van der Waals surface area contributed by atoms with Gasteiger partial charge in [-0.2, -0.15) is 0 Å². The van der Waals surface area contributed by atoms with Crippen LogP contribution in [0.1, 0.15) is 16.7 Å². The Morgan fingerprint density at radius 2 is 1.85 bits per heavy atom. The number of hydrogen-bond acceptors (Lipinski definition) is 2. The molecule has 0 spiro atoms. The molecule has 0 fully saturated rings. The van der Waals surface area contributed by atoms with Crippen LogP contribution in [0, 0.1) is 0 Å². The largest absolute Gasteiger partial charge is 0.358 e. The first-order valence-corrected chi connectivity index (χ1v) is 7.24. The molecular weight excluding hydrogens is 244 g/mol. The van der Waals surface area contributed by atoms with Gasteiger partial charge in [-0.3, -0.25) is 0 Å². The van der Waals surface area contributed by atoms with Crippen LogP contribution in [0.2, 0.25) is 0 Å². The minimum atomic E-state index is 0.486. The molecule has 0 saturated carbocycles. The van der Waals surface area contributed by atoms with Crippen LogP contribution < -0.4 is 4.90 Å². The normalized spacial score (nSPS) is 20.9. The summed E-state index contributed by atoms with van der Waals surface area (Å²) in [4.78, 5) is 4.77. The summed E-state index contributed by atoms with van der Waals surface area (Å²) in [6.07, 6.45) is 7.12. The van der Waals surface area contributed by atoms with Crippen molar-refractivity contribution in [2.24, 2.45) is 0 Å². The highest BCUT2D eigenvalue weighted by molar-refractivity contribution is 5.85. The maximum atomic E-state index is 2.46. The van der Waals surface area contributed by atoms with Gasteiger partial charge < -0.3 is 9.80 Å². The molecule has 2 aromatic rings. The van der Waals surface area contributed by atoms with Crippen molar-refractivity contribution in [2.45, 2.75) is 19.0 Å². The zero-order valence-electron chi connectivity index (χ0n) is 11.5. The summed E-state index contributed by atoms with van der Waals surface area (Å²) in [5.74, 6) is 0. The lowest BCUT2D eigenvalue weighted by Gasteiger charge is -2.24. The molecule has 3 aliphatic rings. The molecule has 2 heteroatoms. The molecule has 0 saturated heterocycles. The number of benzene rings is 2. The van der Waals surface area contributed by atoms with Crippen LogP contribution in [-0.2, 0) is 12.8 Å². The van der Waals surface area contributed by atoms with Gasteiger partial charge in [-0.25, -0.2) is 0 Å². The predicted octanol–water partition coefficient (Wildman–Crippen LogP) is 3.36. The quantitative estimate of drug-likeness (QED) is 0.611. The summed E-state index contributed by atoms with van der Waals surface area (Å²) >= 11 is 0.